The number of benzene rings is 1. The molecule has 2 N–H and O–H groups in total. The fourth-order valence-electron chi connectivity index (χ4n) is 2.48. The molecule has 0 radical (unpaired) electrons. The lowest BCUT2D eigenvalue weighted by Gasteiger charge is -2.35. The van der Waals surface area contributed by atoms with Gasteiger partial charge in [0.05, 0.1) is 16.2 Å². The van der Waals surface area contributed by atoms with E-state index in [-0.39, 0.29) is 5.54 Å². The van der Waals surface area contributed by atoms with Crippen molar-refractivity contribution in [2.75, 3.05) is 38.6 Å². The lowest BCUT2D eigenvalue weighted by Crippen LogP contribution is -2.52. The molecule has 1 saturated heterocycles. The van der Waals surface area contributed by atoms with Gasteiger partial charge in [-0.1, -0.05) is 23.7 Å². The maximum atomic E-state index is 6.23. The lowest BCUT2D eigenvalue weighted by molar-refractivity contribution is 0.184. The van der Waals surface area contributed by atoms with Gasteiger partial charge in [-0.3, -0.25) is 0 Å². The third kappa shape index (κ3) is 2.28. The van der Waals surface area contributed by atoms with Crippen molar-refractivity contribution in [1.29, 1.82) is 0 Å². The molecule has 1 heterocycles. The second kappa shape index (κ2) is 4.84. The van der Waals surface area contributed by atoms with Gasteiger partial charge in [0.25, 0.3) is 0 Å². The Morgan fingerprint density at radius 1 is 1.41 bits per heavy atom. The summed E-state index contributed by atoms with van der Waals surface area (Å²) in [4.78, 5) is 4.57. The lowest BCUT2D eigenvalue weighted by atomic mass is 9.97. The fourth-order valence-corrected chi connectivity index (χ4v) is 2.74. The van der Waals surface area contributed by atoms with Crippen LogP contribution in [0.15, 0.2) is 24.3 Å². The molecule has 1 atom stereocenters. The molecule has 0 bridgehead atoms. The van der Waals surface area contributed by atoms with Crippen molar-refractivity contribution in [3.8, 4) is 0 Å². The highest BCUT2D eigenvalue weighted by Crippen LogP contribution is 2.33. The molecule has 4 heteroatoms. The highest BCUT2D eigenvalue weighted by atomic mass is 35.5. The Balaban J connectivity index is 2.20. The van der Waals surface area contributed by atoms with Crippen LogP contribution in [0.25, 0.3) is 0 Å². The monoisotopic (exact) mass is 253 g/mol. The Kier molecular flexibility index (Phi) is 3.61. The first-order valence-corrected chi connectivity index (χ1v) is 6.34. The Bertz CT molecular complexity index is 394. The largest absolute Gasteiger partial charge is 0.368 e. The van der Waals surface area contributed by atoms with E-state index in [1.165, 1.54) is 0 Å². The van der Waals surface area contributed by atoms with Gasteiger partial charge in [0.15, 0.2) is 0 Å². The fraction of sp³-hybridized carbons (Fsp3) is 0.538. The SMILES string of the molecule is CN(C)C1(CN)CCN(c2ccccc2Cl)C1. The van der Waals surface area contributed by atoms with Crippen LogP contribution in [0.4, 0.5) is 5.69 Å². The van der Waals surface area contributed by atoms with Gasteiger partial charge < -0.3 is 15.5 Å². The van der Waals surface area contributed by atoms with Crippen LogP contribution in [-0.2, 0) is 0 Å². The molecule has 1 aromatic carbocycles. The van der Waals surface area contributed by atoms with E-state index < -0.39 is 0 Å². The van der Waals surface area contributed by atoms with E-state index in [0.717, 1.165) is 30.2 Å². The third-order valence-corrected chi connectivity index (χ3v) is 4.17. The summed E-state index contributed by atoms with van der Waals surface area (Å²) in [5.41, 5.74) is 7.15. The van der Waals surface area contributed by atoms with Crippen LogP contribution in [-0.4, -0.2) is 44.2 Å². The summed E-state index contributed by atoms with van der Waals surface area (Å²) in [6.45, 7) is 2.64. The summed E-state index contributed by atoms with van der Waals surface area (Å²) < 4.78 is 0. The highest BCUT2D eigenvalue weighted by molar-refractivity contribution is 6.33. The zero-order valence-corrected chi connectivity index (χ0v) is 11.2. The average molecular weight is 254 g/mol. The highest BCUT2D eigenvalue weighted by Gasteiger charge is 2.39. The molecule has 1 aliphatic rings. The number of hydrogen-bond donors (Lipinski definition) is 1. The summed E-state index contributed by atoms with van der Waals surface area (Å²) >= 11 is 6.23. The van der Waals surface area contributed by atoms with Crippen molar-refractivity contribution in [1.82, 2.24) is 4.90 Å². The van der Waals surface area contributed by atoms with Gasteiger partial charge in [0.1, 0.15) is 0 Å². The zero-order chi connectivity index (χ0) is 12.5. The van der Waals surface area contributed by atoms with Crippen molar-refractivity contribution in [2.24, 2.45) is 5.73 Å². The van der Waals surface area contributed by atoms with Crippen LogP contribution in [0.3, 0.4) is 0 Å². The Morgan fingerprint density at radius 2 is 2.12 bits per heavy atom. The van der Waals surface area contributed by atoms with Gasteiger partial charge in [-0.05, 0) is 32.6 Å². The van der Waals surface area contributed by atoms with E-state index in [4.69, 9.17) is 17.3 Å². The third-order valence-electron chi connectivity index (χ3n) is 3.85. The molecule has 0 spiro atoms. The molecule has 1 aliphatic heterocycles. The van der Waals surface area contributed by atoms with Gasteiger partial charge >= 0.3 is 0 Å². The Morgan fingerprint density at radius 3 is 2.65 bits per heavy atom. The second-order valence-corrected chi connectivity index (χ2v) is 5.35. The molecular weight excluding hydrogens is 234 g/mol. The second-order valence-electron chi connectivity index (χ2n) is 4.95. The minimum Gasteiger partial charge on any atom is -0.368 e. The standard InChI is InChI=1S/C13H20ClN3/c1-16(2)13(9-15)7-8-17(10-13)12-6-4-3-5-11(12)14/h3-6H,7-10,15H2,1-2H3. The van der Waals surface area contributed by atoms with Crippen molar-refractivity contribution in [3.05, 3.63) is 29.3 Å². The molecule has 3 nitrogen and oxygen atoms in total. The van der Waals surface area contributed by atoms with Crippen molar-refractivity contribution in [3.63, 3.8) is 0 Å². The van der Waals surface area contributed by atoms with Gasteiger partial charge in [0.2, 0.25) is 0 Å². The number of hydrogen-bond acceptors (Lipinski definition) is 3. The minimum atomic E-state index is 0.0825. The number of rotatable bonds is 3. The molecular formula is C13H20ClN3. The predicted octanol–water partition coefficient (Wildman–Crippen LogP) is 1.81. The number of likely N-dealkylation sites (N-methyl/N-ethyl adjacent to an activating group) is 1. The number of anilines is 1. The first kappa shape index (κ1) is 12.7. The summed E-state index contributed by atoms with van der Waals surface area (Å²) in [6, 6.07) is 8.00. The molecule has 0 amide bonds. The van der Waals surface area contributed by atoms with E-state index >= 15 is 0 Å². The van der Waals surface area contributed by atoms with Crippen LogP contribution in [0, 0.1) is 0 Å². The van der Waals surface area contributed by atoms with Crippen molar-refractivity contribution >= 4 is 17.3 Å². The first-order chi connectivity index (χ1) is 8.09. The smallest absolute Gasteiger partial charge is 0.0639 e. The van der Waals surface area contributed by atoms with Gasteiger partial charge in [0, 0.05) is 19.6 Å². The number of para-hydroxylation sites is 1. The Hall–Kier alpha value is -0.770. The number of halogens is 1. The summed E-state index contributed by atoms with van der Waals surface area (Å²) in [5, 5.41) is 0.819. The van der Waals surface area contributed by atoms with E-state index in [0.29, 0.717) is 6.54 Å². The quantitative estimate of drug-likeness (QED) is 0.892. The van der Waals surface area contributed by atoms with E-state index in [1.807, 2.05) is 18.2 Å². The summed E-state index contributed by atoms with van der Waals surface area (Å²) in [6.07, 6.45) is 1.09. The zero-order valence-electron chi connectivity index (χ0n) is 10.5. The molecule has 2 rings (SSSR count). The van der Waals surface area contributed by atoms with Crippen LogP contribution >= 0.6 is 11.6 Å². The summed E-state index contributed by atoms with van der Waals surface area (Å²) in [7, 11) is 4.20. The van der Waals surface area contributed by atoms with Gasteiger partial charge in [-0.15, -0.1) is 0 Å². The van der Waals surface area contributed by atoms with Gasteiger partial charge in [-0.25, -0.2) is 0 Å². The first-order valence-electron chi connectivity index (χ1n) is 5.96. The average Bonchev–Trinajstić information content (AvgIpc) is 2.75. The molecule has 1 fully saturated rings. The van der Waals surface area contributed by atoms with Crippen molar-refractivity contribution in [2.45, 2.75) is 12.0 Å². The molecule has 1 unspecified atom stereocenters. The molecule has 1 aromatic rings. The van der Waals surface area contributed by atoms with Crippen LogP contribution in [0.5, 0.6) is 0 Å². The summed E-state index contributed by atoms with van der Waals surface area (Å²) in [5.74, 6) is 0. The molecule has 0 aliphatic carbocycles. The van der Waals surface area contributed by atoms with Gasteiger partial charge in [-0.2, -0.15) is 0 Å². The number of nitrogens with zero attached hydrogens (tertiary/aromatic N) is 2. The van der Waals surface area contributed by atoms with Crippen LogP contribution < -0.4 is 10.6 Å². The topological polar surface area (TPSA) is 32.5 Å². The van der Waals surface area contributed by atoms with Crippen LogP contribution in [0.1, 0.15) is 6.42 Å². The van der Waals surface area contributed by atoms with E-state index in [2.05, 4.69) is 30.0 Å². The molecule has 17 heavy (non-hydrogen) atoms. The minimum absolute atomic E-state index is 0.0825. The van der Waals surface area contributed by atoms with E-state index in [9.17, 15) is 0 Å². The Labute approximate surface area is 108 Å². The van der Waals surface area contributed by atoms with E-state index in [1.54, 1.807) is 0 Å². The van der Waals surface area contributed by atoms with Crippen LogP contribution in [0.2, 0.25) is 5.02 Å². The maximum Gasteiger partial charge on any atom is 0.0639 e. The molecule has 0 saturated carbocycles. The molecule has 0 aromatic heterocycles. The molecule has 94 valence electrons. The maximum absolute atomic E-state index is 6.23. The normalized spacial score (nSPS) is 24.6. The predicted molar refractivity (Wildman–Crippen MR) is 73.8 cm³/mol. The van der Waals surface area contributed by atoms with Crippen molar-refractivity contribution < 1.29 is 0 Å². The number of nitrogens with two attached hydrogens (primary N) is 1.